The van der Waals surface area contributed by atoms with Crippen LogP contribution in [0.15, 0.2) is 12.3 Å². The van der Waals surface area contributed by atoms with Crippen LogP contribution in [0.5, 0.6) is 0 Å². The Bertz CT molecular complexity index is 429. The van der Waals surface area contributed by atoms with E-state index in [9.17, 15) is 5.21 Å². The van der Waals surface area contributed by atoms with Gasteiger partial charge < -0.3 is 9.47 Å². The summed E-state index contributed by atoms with van der Waals surface area (Å²) in [5.74, 6) is 0. The normalized spacial score (nSPS) is 28.3. The average Bonchev–Trinajstić information content (AvgIpc) is 2.73. The minimum atomic E-state index is -0.507. The molecule has 16 heavy (non-hydrogen) atoms. The lowest BCUT2D eigenvalue weighted by Gasteiger charge is -2.29. The van der Waals surface area contributed by atoms with Crippen molar-refractivity contribution in [2.75, 3.05) is 19.8 Å². The third-order valence-electron chi connectivity index (χ3n) is 3.31. The van der Waals surface area contributed by atoms with Crippen LogP contribution in [0.25, 0.3) is 0 Å². The van der Waals surface area contributed by atoms with Crippen molar-refractivity contribution in [3.05, 3.63) is 28.5 Å². The molecule has 1 saturated heterocycles. The second-order valence-electron chi connectivity index (χ2n) is 4.23. The molecule has 2 aliphatic heterocycles. The molecule has 0 aliphatic carbocycles. The topological polar surface area (TPSA) is 42.6 Å². The number of hydrogen-bond acceptors (Lipinski definition) is 3. The first-order chi connectivity index (χ1) is 7.73. The van der Waals surface area contributed by atoms with Gasteiger partial charge in [-0.15, -0.1) is 0 Å². The molecule has 1 aromatic heterocycles. The molecule has 2 aliphatic rings. The second-order valence-corrected chi connectivity index (χ2v) is 4.64. The summed E-state index contributed by atoms with van der Waals surface area (Å²) in [6, 6.07) is 1.70. The number of aromatic nitrogens is 1. The fourth-order valence-corrected chi connectivity index (χ4v) is 2.79. The largest absolute Gasteiger partial charge is 0.378 e. The molecule has 0 amide bonds. The zero-order valence-corrected chi connectivity index (χ0v) is 9.54. The Balaban J connectivity index is 2.20. The lowest BCUT2D eigenvalue weighted by atomic mass is 9.90. The van der Waals surface area contributed by atoms with E-state index in [1.54, 1.807) is 12.3 Å². The van der Waals surface area contributed by atoms with E-state index in [-0.39, 0.29) is 0 Å². The second kappa shape index (κ2) is 3.58. The van der Waals surface area contributed by atoms with Gasteiger partial charge in [0.25, 0.3) is 5.69 Å². The van der Waals surface area contributed by atoms with E-state index in [4.69, 9.17) is 21.1 Å². The van der Waals surface area contributed by atoms with Gasteiger partial charge in [0.15, 0.2) is 5.60 Å². The van der Waals surface area contributed by atoms with Crippen LogP contribution in [0.3, 0.4) is 0 Å². The van der Waals surface area contributed by atoms with Crippen molar-refractivity contribution >= 4 is 11.6 Å². The SMILES string of the molecule is O[n+]1ccc(Cl)c2c1C1(CCOC1)OCC2. The molecule has 5 heteroatoms. The van der Waals surface area contributed by atoms with Crippen LogP contribution in [0.4, 0.5) is 0 Å². The summed E-state index contributed by atoms with van der Waals surface area (Å²) < 4.78 is 12.3. The van der Waals surface area contributed by atoms with Gasteiger partial charge in [0.2, 0.25) is 6.20 Å². The van der Waals surface area contributed by atoms with Crippen LogP contribution >= 0.6 is 11.6 Å². The monoisotopic (exact) mass is 242 g/mol. The molecule has 3 heterocycles. The van der Waals surface area contributed by atoms with Crippen molar-refractivity contribution in [1.29, 1.82) is 0 Å². The van der Waals surface area contributed by atoms with Gasteiger partial charge in [-0.2, -0.15) is 0 Å². The van der Waals surface area contributed by atoms with Crippen LogP contribution in [0.1, 0.15) is 17.7 Å². The first-order valence-electron chi connectivity index (χ1n) is 5.37. The molecule has 1 unspecified atom stereocenters. The Morgan fingerprint density at radius 2 is 2.31 bits per heavy atom. The number of ether oxygens (including phenoxy) is 2. The van der Waals surface area contributed by atoms with Crippen molar-refractivity contribution in [3.8, 4) is 0 Å². The standard InChI is InChI=1S/C11H13ClNO3/c12-9-1-4-13(14)10-8(9)2-5-16-11(10)3-6-15-7-11/h1,4,14H,2-3,5-7H2/q+1. The van der Waals surface area contributed by atoms with Crippen LogP contribution in [-0.4, -0.2) is 25.0 Å². The molecule has 1 spiro atoms. The molecular weight excluding hydrogens is 230 g/mol. The molecule has 0 saturated carbocycles. The molecule has 1 aromatic rings. The van der Waals surface area contributed by atoms with Gasteiger partial charge in [0.05, 0.1) is 24.8 Å². The summed E-state index contributed by atoms with van der Waals surface area (Å²) >= 11 is 6.15. The smallest absolute Gasteiger partial charge is 0.272 e. The highest BCUT2D eigenvalue weighted by Crippen LogP contribution is 2.39. The van der Waals surface area contributed by atoms with Crippen LogP contribution in [0, 0.1) is 0 Å². The molecule has 0 aromatic carbocycles. The quantitative estimate of drug-likeness (QED) is 0.546. The summed E-state index contributed by atoms with van der Waals surface area (Å²) in [4.78, 5) is 0. The maximum absolute atomic E-state index is 9.93. The molecule has 1 fully saturated rings. The van der Waals surface area contributed by atoms with Crippen LogP contribution in [-0.2, 0) is 21.5 Å². The summed E-state index contributed by atoms with van der Waals surface area (Å²) in [7, 11) is 0. The van der Waals surface area contributed by atoms with Gasteiger partial charge in [-0.1, -0.05) is 11.6 Å². The number of nitrogens with zero attached hydrogens (tertiary/aromatic N) is 1. The van der Waals surface area contributed by atoms with E-state index < -0.39 is 5.60 Å². The average molecular weight is 243 g/mol. The maximum Gasteiger partial charge on any atom is 0.272 e. The molecule has 3 rings (SSSR count). The highest BCUT2D eigenvalue weighted by Gasteiger charge is 2.50. The number of fused-ring (bicyclic) bond motifs is 2. The lowest BCUT2D eigenvalue weighted by molar-refractivity contribution is -0.913. The third-order valence-corrected chi connectivity index (χ3v) is 3.67. The first kappa shape index (κ1) is 10.3. The van der Waals surface area contributed by atoms with E-state index >= 15 is 0 Å². The zero-order chi connectivity index (χ0) is 11.2. The van der Waals surface area contributed by atoms with E-state index in [1.807, 2.05) is 0 Å². The Labute approximate surface area is 98.3 Å². The molecule has 0 bridgehead atoms. The van der Waals surface area contributed by atoms with Crippen LogP contribution < -0.4 is 4.73 Å². The Kier molecular flexibility index (Phi) is 2.31. The van der Waals surface area contributed by atoms with E-state index in [1.165, 1.54) is 0 Å². The number of rotatable bonds is 0. The highest BCUT2D eigenvalue weighted by atomic mass is 35.5. The summed E-state index contributed by atoms with van der Waals surface area (Å²) in [5.41, 5.74) is 1.22. The van der Waals surface area contributed by atoms with Crippen molar-refractivity contribution in [2.24, 2.45) is 0 Å². The number of pyridine rings is 1. The number of hydrogen-bond donors (Lipinski definition) is 1. The van der Waals surface area contributed by atoms with Crippen molar-refractivity contribution in [3.63, 3.8) is 0 Å². The van der Waals surface area contributed by atoms with Crippen LogP contribution in [0.2, 0.25) is 5.02 Å². The predicted molar refractivity (Wildman–Crippen MR) is 55.6 cm³/mol. The minimum absolute atomic E-state index is 0.487. The summed E-state index contributed by atoms with van der Waals surface area (Å²) in [6.07, 6.45) is 3.05. The van der Waals surface area contributed by atoms with E-state index in [0.717, 1.165) is 28.8 Å². The van der Waals surface area contributed by atoms with Crippen molar-refractivity contribution < 1.29 is 19.4 Å². The summed E-state index contributed by atoms with van der Waals surface area (Å²) in [6.45, 7) is 1.77. The minimum Gasteiger partial charge on any atom is -0.378 e. The lowest BCUT2D eigenvalue weighted by Crippen LogP contribution is -2.49. The van der Waals surface area contributed by atoms with Gasteiger partial charge in [-0.05, 0) is 0 Å². The first-order valence-corrected chi connectivity index (χ1v) is 5.75. The molecular formula is C11H13ClNO3+. The van der Waals surface area contributed by atoms with Crippen molar-refractivity contribution in [2.45, 2.75) is 18.4 Å². The molecule has 86 valence electrons. The molecule has 4 nitrogen and oxygen atoms in total. The third kappa shape index (κ3) is 1.34. The molecule has 0 radical (unpaired) electrons. The van der Waals surface area contributed by atoms with Crippen molar-refractivity contribution in [1.82, 2.24) is 0 Å². The van der Waals surface area contributed by atoms with E-state index in [2.05, 4.69) is 0 Å². The summed E-state index contributed by atoms with van der Waals surface area (Å²) in [5, 5.41) is 10.6. The van der Waals surface area contributed by atoms with E-state index in [0.29, 0.717) is 24.8 Å². The Hall–Kier alpha value is -0.840. The highest BCUT2D eigenvalue weighted by molar-refractivity contribution is 6.31. The molecule has 1 atom stereocenters. The molecule has 1 N–H and O–H groups in total. The van der Waals surface area contributed by atoms with Gasteiger partial charge in [0.1, 0.15) is 0 Å². The number of halogens is 1. The van der Waals surface area contributed by atoms with Gasteiger partial charge in [0, 0.05) is 29.2 Å². The maximum atomic E-state index is 9.93. The van der Waals surface area contributed by atoms with Gasteiger partial charge in [-0.25, -0.2) is 0 Å². The van der Waals surface area contributed by atoms with Gasteiger partial charge in [-0.3, -0.25) is 5.21 Å². The predicted octanol–water partition coefficient (Wildman–Crippen LogP) is 1.05. The fourth-order valence-electron chi connectivity index (χ4n) is 2.55. The fraction of sp³-hybridized carbons (Fsp3) is 0.545. The Morgan fingerprint density at radius 1 is 1.44 bits per heavy atom. The Morgan fingerprint density at radius 3 is 3.06 bits per heavy atom. The van der Waals surface area contributed by atoms with Gasteiger partial charge >= 0.3 is 0 Å². The zero-order valence-electron chi connectivity index (χ0n) is 8.78.